The van der Waals surface area contributed by atoms with E-state index in [1.807, 2.05) is 0 Å². The molecule has 0 aromatic heterocycles. The molecule has 2 atom stereocenters. The molecule has 0 aromatic carbocycles. The second kappa shape index (κ2) is 4.02. The molecule has 0 fully saturated rings. The van der Waals surface area contributed by atoms with E-state index in [4.69, 9.17) is 4.74 Å². The number of hydrogen-bond donors (Lipinski definition) is 0. The molecule has 0 N–H and O–H groups in total. The Morgan fingerprint density at radius 2 is 2.31 bits per heavy atom. The van der Waals surface area contributed by atoms with E-state index in [0.717, 1.165) is 5.71 Å². The van der Waals surface area contributed by atoms with Crippen molar-refractivity contribution in [3.8, 4) is 0 Å². The van der Waals surface area contributed by atoms with Crippen LogP contribution in [0.1, 0.15) is 13.8 Å². The largest absolute Gasteiger partial charge is 0.460 e. The molecule has 5 nitrogen and oxygen atoms in total. The van der Waals surface area contributed by atoms with Gasteiger partial charge in [0, 0.05) is 6.92 Å². The fourth-order valence-corrected chi connectivity index (χ4v) is 0.998. The van der Waals surface area contributed by atoms with E-state index in [2.05, 4.69) is 9.73 Å². The molecular weight excluding hydrogens is 174 g/mol. The Morgan fingerprint density at radius 3 is 2.69 bits per heavy atom. The van der Waals surface area contributed by atoms with E-state index in [1.54, 1.807) is 6.92 Å². The summed E-state index contributed by atoms with van der Waals surface area (Å²) in [6.07, 6.45) is -0.981. The topological polar surface area (TPSA) is 65.0 Å². The molecule has 72 valence electrons. The zero-order valence-electron chi connectivity index (χ0n) is 7.52. The van der Waals surface area contributed by atoms with Gasteiger partial charge < -0.3 is 9.47 Å². The number of hydrogen-bond acceptors (Lipinski definition) is 5. The summed E-state index contributed by atoms with van der Waals surface area (Å²) < 4.78 is 9.60. The SMILES string of the molecule is CC(=O)O[C@H](C1=NC1)[C@H](C)OC=O. The van der Waals surface area contributed by atoms with Gasteiger partial charge in [-0.25, -0.2) is 0 Å². The highest BCUT2D eigenvalue weighted by Crippen LogP contribution is 2.13. The summed E-state index contributed by atoms with van der Waals surface area (Å²) in [5.41, 5.74) is 0.768. The first-order valence-electron chi connectivity index (χ1n) is 3.94. The highest BCUT2D eigenvalue weighted by Gasteiger charge is 2.31. The van der Waals surface area contributed by atoms with Gasteiger partial charge in [-0.15, -0.1) is 0 Å². The fraction of sp³-hybridized carbons (Fsp3) is 0.625. The van der Waals surface area contributed by atoms with E-state index >= 15 is 0 Å². The molecule has 1 aliphatic heterocycles. The van der Waals surface area contributed by atoms with E-state index in [9.17, 15) is 9.59 Å². The van der Waals surface area contributed by atoms with Crippen molar-refractivity contribution >= 4 is 18.2 Å². The highest BCUT2D eigenvalue weighted by molar-refractivity contribution is 6.01. The molecule has 1 aliphatic rings. The van der Waals surface area contributed by atoms with Crippen molar-refractivity contribution in [1.29, 1.82) is 0 Å². The van der Waals surface area contributed by atoms with E-state index < -0.39 is 18.2 Å². The van der Waals surface area contributed by atoms with Crippen LogP contribution in [0.25, 0.3) is 0 Å². The number of aliphatic imine (C=N–C) groups is 1. The van der Waals surface area contributed by atoms with Gasteiger partial charge in [0.1, 0.15) is 6.10 Å². The molecule has 0 aromatic rings. The Labute approximate surface area is 75.7 Å². The van der Waals surface area contributed by atoms with E-state index in [-0.39, 0.29) is 0 Å². The Hall–Kier alpha value is -1.39. The first-order valence-corrected chi connectivity index (χ1v) is 3.94. The molecule has 0 spiro atoms. The van der Waals surface area contributed by atoms with Gasteiger partial charge in [0.15, 0.2) is 6.10 Å². The summed E-state index contributed by atoms with van der Waals surface area (Å²) in [6.45, 7) is 3.89. The van der Waals surface area contributed by atoms with Crippen molar-refractivity contribution in [2.75, 3.05) is 6.54 Å². The summed E-state index contributed by atoms with van der Waals surface area (Å²) in [4.78, 5) is 24.6. The standard InChI is InChI=1S/C8H11NO4/c1-5(12-4-10)8(7-3-9-7)13-6(2)11/h4-5,8H,3H2,1-2H3/t5-,8-/m0/s1. The van der Waals surface area contributed by atoms with E-state index in [0.29, 0.717) is 13.0 Å². The van der Waals surface area contributed by atoms with Crippen LogP contribution in [0, 0.1) is 0 Å². The molecule has 13 heavy (non-hydrogen) atoms. The number of esters is 1. The maximum Gasteiger partial charge on any atom is 0.303 e. The smallest absolute Gasteiger partial charge is 0.303 e. The monoisotopic (exact) mass is 185 g/mol. The van der Waals surface area contributed by atoms with Gasteiger partial charge >= 0.3 is 5.97 Å². The maximum absolute atomic E-state index is 10.7. The van der Waals surface area contributed by atoms with Crippen molar-refractivity contribution in [1.82, 2.24) is 0 Å². The van der Waals surface area contributed by atoms with Crippen molar-refractivity contribution in [2.24, 2.45) is 4.99 Å². The van der Waals surface area contributed by atoms with E-state index in [1.165, 1.54) is 6.92 Å². The Balaban J connectivity index is 2.50. The predicted octanol–water partition coefficient (Wildman–Crippen LogP) is -0.0658. The van der Waals surface area contributed by atoms with Gasteiger partial charge in [-0.1, -0.05) is 0 Å². The van der Waals surface area contributed by atoms with Crippen molar-refractivity contribution in [2.45, 2.75) is 26.1 Å². The molecule has 1 heterocycles. The summed E-state index contributed by atoms with van der Waals surface area (Å²) >= 11 is 0. The average molecular weight is 185 g/mol. The summed E-state index contributed by atoms with van der Waals surface area (Å²) in [5, 5.41) is 0. The molecule has 0 bridgehead atoms. The number of ether oxygens (including phenoxy) is 2. The fourth-order valence-electron chi connectivity index (χ4n) is 0.998. The summed E-state index contributed by atoms with van der Waals surface area (Å²) in [5.74, 6) is -0.402. The number of nitrogens with zero attached hydrogens (tertiary/aromatic N) is 1. The van der Waals surface area contributed by atoms with Gasteiger partial charge in [-0.3, -0.25) is 14.6 Å². The first-order chi connectivity index (χ1) is 6.15. The van der Waals surface area contributed by atoms with Crippen LogP contribution in [0.4, 0.5) is 0 Å². The van der Waals surface area contributed by atoms with Crippen molar-refractivity contribution < 1.29 is 19.1 Å². The van der Waals surface area contributed by atoms with Crippen molar-refractivity contribution in [3.63, 3.8) is 0 Å². The third-order valence-corrected chi connectivity index (χ3v) is 1.66. The Morgan fingerprint density at radius 1 is 1.69 bits per heavy atom. The van der Waals surface area contributed by atoms with Crippen LogP contribution in [0.3, 0.4) is 0 Å². The highest BCUT2D eigenvalue weighted by atomic mass is 16.6. The lowest BCUT2D eigenvalue weighted by atomic mass is 10.2. The minimum atomic E-state index is -0.511. The number of carbonyl (C=O) groups excluding carboxylic acids is 2. The van der Waals surface area contributed by atoms with Crippen molar-refractivity contribution in [3.05, 3.63) is 0 Å². The normalized spacial score (nSPS) is 18.2. The Kier molecular flexibility index (Phi) is 3.00. The van der Waals surface area contributed by atoms with Crippen LogP contribution in [0.15, 0.2) is 4.99 Å². The summed E-state index contributed by atoms with van der Waals surface area (Å²) in [7, 11) is 0. The number of rotatable bonds is 5. The van der Waals surface area contributed by atoms with Crippen LogP contribution in [-0.4, -0.2) is 36.9 Å². The molecule has 0 saturated heterocycles. The van der Waals surface area contributed by atoms with Crippen LogP contribution in [-0.2, 0) is 19.1 Å². The molecule has 0 amide bonds. The average Bonchev–Trinajstić information content (AvgIpc) is 2.82. The second-order valence-electron chi connectivity index (χ2n) is 2.78. The van der Waals surface area contributed by atoms with Crippen LogP contribution >= 0.6 is 0 Å². The van der Waals surface area contributed by atoms with Gasteiger partial charge in [-0.05, 0) is 6.92 Å². The molecule has 0 saturated carbocycles. The second-order valence-corrected chi connectivity index (χ2v) is 2.78. The van der Waals surface area contributed by atoms with Crippen LogP contribution in [0.2, 0.25) is 0 Å². The van der Waals surface area contributed by atoms with Gasteiger partial charge in [0.25, 0.3) is 6.47 Å². The lowest BCUT2D eigenvalue weighted by molar-refractivity contribution is -0.153. The van der Waals surface area contributed by atoms with Gasteiger partial charge in [-0.2, -0.15) is 0 Å². The van der Waals surface area contributed by atoms with Crippen LogP contribution in [0.5, 0.6) is 0 Å². The molecule has 5 heteroatoms. The molecule has 1 rings (SSSR count). The lowest BCUT2D eigenvalue weighted by Crippen LogP contribution is -2.34. The van der Waals surface area contributed by atoms with Gasteiger partial charge in [0.05, 0.1) is 12.3 Å². The quantitative estimate of drug-likeness (QED) is 0.444. The third kappa shape index (κ3) is 2.85. The molecule has 0 unspecified atom stereocenters. The third-order valence-electron chi connectivity index (χ3n) is 1.66. The lowest BCUT2D eigenvalue weighted by Gasteiger charge is -2.18. The Bertz CT molecular complexity index is 249. The zero-order chi connectivity index (χ0) is 9.84. The number of carbonyl (C=O) groups is 2. The minimum absolute atomic E-state index is 0.337. The summed E-state index contributed by atoms with van der Waals surface area (Å²) in [6, 6.07) is 0. The zero-order valence-corrected chi connectivity index (χ0v) is 7.52. The molecule has 0 radical (unpaired) electrons. The first kappa shape index (κ1) is 9.70. The predicted molar refractivity (Wildman–Crippen MR) is 44.5 cm³/mol. The maximum atomic E-state index is 10.7. The van der Waals surface area contributed by atoms with Crippen LogP contribution < -0.4 is 0 Å². The minimum Gasteiger partial charge on any atom is -0.460 e. The van der Waals surface area contributed by atoms with Gasteiger partial charge in [0.2, 0.25) is 0 Å². The molecule has 0 aliphatic carbocycles. The molecular formula is C8H11NO4.